The van der Waals surface area contributed by atoms with Crippen LogP contribution in [0.15, 0.2) is 29.6 Å². The monoisotopic (exact) mass is 260 g/mol. The predicted molar refractivity (Wildman–Crippen MR) is 78.6 cm³/mol. The van der Waals surface area contributed by atoms with Gasteiger partial charge in [0.2, 0.25) is 0 Å². The summed E-state index contributed by atoms with van der Waals surface area (Å²) < 4.78 is 0. The Morgan fingerprint density at radius 2 is 2.17 bits per heavy atom. The molecule has 0 bridgehead atoms. The Morgan fingerprint density at radius 3 is 2.89 bits per heavy atom. The van der Waals surface area contributed by atoms with E-state index in [0.29, 0.717) is 6.54 Å². The largest absolute Gasteiger partial charge is 0.326 e. The van der Waals surface area contributed by atoms with Gasteiger partial charge in [-0.3, -0.25) is 0 Å². The molecule has 96 valence electrons. The van der Waals surface area contributed by atoms with E-state index >= 15 is 0 Å². The Hall–Kier alpha value is -1.19. The molecule has 0 aliphatic carbocycles. The summed E-state index contributed by atoms with van der Waals surface area (Å²) in [6, 6.07) is 8.32. The van der Waals surface area contributed by atoms with E-state index in [9.17, 15) is 0 Å². The van der Waals surface area contributed by atoms with E-state index in [2.05, 4.69) is 37.4 Å². The van der Waals surface area contributed by atoms with Crippen molar-refractivity contribution < 1.29 is 0 Å². The van der Waals surface area contributed by atoms with Crippen LogP contribution < -0.4 is 5.73 Å². The summed E-state index contributed by atoms with van der Waals surface area (Å²) in [4.78, 5) is 4.71. The summed E-state index contributed by atoms with van der Waals surface area (Å²) in [5, 5.41) is 3.38. The molecule has 1 aromatic heterocycles. The van der Waals surface area contributed by atoms with E-state index in [1.807, 2.05) is 6.07 Å². The molecule has 0 radical (unpaired) electrons. The van der Waals surface area contributed by atoms with Crippen molar-refractivity contribution in [2.75, 3.05) is 0 Å². The number of hydrogen-bond acceptors (Lipinski definition) is 3. The molecule has 0 fully saturated rings. The van der Waals surface area contributed by atoms with Gasteiger partial charge < -0.3 is 5.73 Å². The van der Waals surface area contributed by atoms with Gasteiger partial charge in [-0.2, -0.15) is 0 Å². The molecule has 3 heteroatoms. The molecule has 2 nitrogen and oxygen atoms in total. The third-order valence-electron chi connectivity index (χ3n) is 2.95. The fourth-order valence-electron chi connectivity index (χ4n) is 1.83. The number of aryl methyl sites for hydroxylation is 1. The molecule has 0 spiro atoms. The van der Waals surface area contributed by atoms with Crippen molar-refractivity contribution >= 4 is 11.3 Å². The van der Waals surface area contributed by atoms with Crippen LogP contribution in [0.4, 0.5) is 0 Å². The molecule has 0 unspecified atom stereocenters. The fraction of sp³-hybridized carbons (Fsp3) is 0.400. The quantitative estimate of drug-likeness (QED) is 0.886. The number of rotatable bonds is 5. The maximum atomic E-state index is 5.67. The molecule has 0 saturated heterocycles. The van der Waals surface area contributed by atoms with Gasteiger partial charge in [0.25, 0.3) is 0 Å². The molecular formula is C15H20N2S. The lowest BCUT2D eigenvalue weighted by Crippen LogP contribution is -1.96. The third-order valence-corrected chi connectivity index (χ3v) is 3.85. The van der Waals surface area contributed by atoms with Gasteiger partial charge in [-0.15, -0.1) is 11.3 Å². The summed E-state index contributed by atoms with van der Waals surface area (Å²) in [7, 11) is 0. The molecule has 0 amide bonds. The van der Waals surface area contributed by atoms with E-state index in [-0.39, 0.29) is 0 Å². The molecule has 1 heterocycles. The molecule has 0 aliphatic rings. The molecule has 2 rings (SSSR count). The van der Waals surface area contributed by atoms with Crippen LogP contribution in [0.25, 0.3) is 11.3 Å². The Labute approximate surface area is 113 Å². The highest BCUT2D eigenvalue weighted by atomic mass is 32.1. The molecule has 2 N–H and O–H groups in total. The van der Waals surface area contributed by atoms with Gasteiger partial charge in [0.15, 0.2) is 0 Å². The number of thiazole rings is 1. The van der Waals surface area contributed by atoms with Gasteiger partial charge in [0.05, 0.1) is 10.7 Å². The maximum Gasteiger partial charge on any atom is 0.0932 e. The van der Waals surface area contributed by atoms with E-state index in [0.717, 1.165) is 23.6 Å². The first-order valence-electron chi connectivity index (χ1n) is 6.43. The van der Waals surface area contributed by atoms with E-state index in [4.69, 9.17) is 10.7 Å². The van der Waals surface area contributed by atoms with Crippen LogP contribution in [0.2, 0.25) is 0 Å². The Balaban J connectivity index is 2.13. The van der Waals surface area contributed by atoms with Crippen LogP contribution in [-0.4, -0.2) is 4.98 Å². The maximum absolute atomic E-state index is 5.67. The number of benzene rings is 1. The number of nitrogens with two attached hydrogens (primary N) is 1. The highest BCUT2D eigenvalue weighted by Gasteiger charge is 2.06. The van der Waals surface area contributed by atoms with Crippen molar-refractivity contribution in [3.63, 3.8) is 0 Å². The number of hydrogen-bond donors (Lipinski definition) is 1. The summed E-state index contributed by atoms with van der Waals surface area (Å²) in [6.07, 6.45) is 2.29. The van der Waals surface area contributed by atoms with Crippen LogP contribution in [0.5, 0.6) is 0 Å². The van der Waals surface area contributed by atoms with E-state index < -0.39 is 0 Å². The van der Waals surface area contributed by atoms with Gasteiger partial charge in [-0.05, 0) is 30.4 Å². The van der Waals surface area contributed by atoms with Gasteiger partial charge in [-0.1, -0.05) is 32.0 Å². The molecular weight excluding hydrogens is 240 g/mol. The lowest BCUT2D eigenvalue weighted by molar-refractivity contribution is 0.585. The zero-order chi connectivity index (χ0) is 13.0. The Kier molecular flexibility index (Phi) is 4.50. The van der Waals surface area contributed by atoms with Crippen LogP contribution in [0.1, 0.15) is 30.8 Å². The average Bonchev–Trinajstić information content (AvgIpc) is 2.85. The minimum absolute atomic E-state index is 0.582. The first kappa shape index (κ1) is 13.2. The van der Waals surface area contributed by atoms with E-state index in [1.54, 1.807) is 11.3 Å². The van der Waals surface area contributed by atoms with Crippen LogP contribution >= 0.6 is 11.3 Å². The highest BCUT2D eigenvalue weighted by molar-refractivity contribution is 7.09. The normalized spacial score (nSPS) is 11.1. The molecule has 1 aromatic carbocycles. The second-order valence-electron chi connectivity index (χ2n) is 4.96. The second kappa shape index (κ2) is 6.12. The summed E-state index contributed by atoms with van der Waals surface area (Å²) >= 11 is 1.76. The van der Waals surface area contributed by atoms with Gasteiger partial charge >= 0.3 is 0 Å². The molecule has 0 saturated carbocycles. The second-order valence-corrected chi connectivity index (χ2v) is 5.91. The molecule has 0 aliphatic heterocycles. The zero-order valence-electron chi connectivity index (χ0n) is 11.0. The lowest BCUT2D eigenvalue weighted by Gasteiger charge is -2.01. The van der Waals surface area contributed by atoms with Crippen molar-refractivity contribution in [3.05, 3.63) is 40.2 Å². The van der Waals surface area contributed by atoms with Gasteiger partial charge in [-0.25, -0.2) is 4.98 Å². The van der Waals surface area contributed by atoms with Crippen LogP contribution in [0, 0.1) is 5.92 Å². The van der Waals surface area contributed by atoms with Crippen LogP contribution in [-0.2, 0) is 13.0 Å². The molecule has 0 atom stereocenters. The third kappa shape index (κ3) is 3.40. The van der Waals surface area contributed by atoms with Crippen molar-refractivity contribution in [2.45, 2.75) is 33.2 Å². The highest BCUT2D eigenvalue weighted by Crippen LogP contribution is 2.24. The molecule has 18 heavy (non-hydrogen) atoms. The first-order valence-corrected chi connectivity index (χ1v) is 7.31. The van der Waals surface area contributed by atoms with E-state index in [1.165, 1.54) is 17.0 Å². The smallest absolute Gasteiger partial charge is 0.0932 e. The van der Waals surface area contributed by atoms with Crippen LogP contribution in [0.3, 0.4) is 0 Å². The first-order chi connectivity index (χ1) is 8.69. The SMILES string of the molecule is CC(C)CCc1nc(-c2cccc(CN)c2)cs1. The molecule has 2 aromatic rings. The summed E-state index contributed by atoms with van der Waals surface area (Å²) in [5.41, 5.74) is 9.07. The van der Waals surface area contributed by atoms with Crippen molar-refractivity contribution in [1.82, 2.24) is 4.98 Å². The minimum Gasteiger partial charge on any atom is -0.326 e. The fourth-order valence-corrected chi connectivity index (χ4v) is 2.65. The van der Waals surface area contributed by atoms with Crippen molar-refractivity contribution in [1.29, 1.82) is 0 Å². The summed E-state index contributed by atoms with van der Waals surface area (Å²) in [5.74, 6) is 0.734. The minimum atomic E-state index is 0.582. The van der Waals surface area contributed by atoms with Gasteiger partial charge in [0.1, 0.15) is 0 Å². The zero-order valence-corrected chi connectivity index (χ0v) is 11.8. The topological polar surface area (TPSA) is 38.9 Å². The predicted octanol–water partition coefficient (Wildman–Crippen LogP) is 3.86. The Morgan fingerprint density at radius 1 is 1.33 bits per heavy atom. The number of nitrogens with zero attached hydrogens (tertiary/aromatic N) is 1. The van der Waals surface area contributed by atoms with Crippen molar-refractivity contribution in [3.8, 4) is 11.3 Å². The Bertz CT molecular complexity index is 503. The number of aromatic nitrogens is 1. The van der Waals surface area contributed by atoms with Gasteiger partial charge in [0, 0.05) is 17.5 Å². The average molecular weight is 260 g/mol. The lowest BCUT2D eigenvalue weighted by atomic mass is 10.1. The summed E-state index contributed by atoms with van der Waals surface area (Å²) in [6.45, 7) is 5.08. The standard InChI is InChI=1S/C15H20N2S/c1-11(2)6-7-15-17-14(10-18-15)13-5-3-4-12(8-13)9-16/h3-5,8,10-11H,6-7,9,16H2,1-2H3. The van der Waals surface area contributed by atoms with Crippen molar-refractivity contribution in [2.24, 2.45) is 11.7 Å².